The second kappa shape index (κ2) is 6.95. The largest absolute Gasteiger partial charge is 0.340 e. The van der Waals surface area contributed by atoms with Crippen LogP contribution < -0.4 is 0 Å². The maximum absolute atomic E-state index is 12.1. The molecule has 1 atom stereocenters. The number of rotatable bonds is 6. The Kier molecular flexibility index (Phi) is 5.20. The van der Waals surface area contributed by atoms with Crippen LogP contribution in [0.4, 0.5) is 0 Å². The Balaban J connectivity index is 2.00. The number of aromatic nitrogens is 2. The van der Waals surface area contributed by atoms with Crippen LogP contribution in [0.2, 0.25) is 0 Å². The van der Waals surface area contributed by atoms with Crippen molar-refractivity contribution in [1.82, 2.24) is 14.7 Å². The van der Waals surface area contributed by atoms with E-state index in [1.807, 2.05) is 36.5 Å². The number of nitrogens with zero attached hydrogens (tertiary/aromatic N) is 3. The molecular weight excluding hydrogens is 314 g/mol. The van der Waals surface area contributed by atoms with Gasteiger partial charge in [0.25, 0.3) is 0 Å². The molecule has 0 aliphatic carbocycles. The second-order valence-corrected chi connectivity index (χ2v) is 8.06. The first-order chi connectivity index (χ1) is 10.8. The SMILES string of the molecule is CC(C(=O)N(C)Cc1cnn(Cc2ccccc2)c1)S(C)(=O)=O. The van der Waals surface area contributed by atoms with Crippen molar-refractivity contribution >= 4 is 15.7 Å². The van der Waals surface area contributed by atoms with Crippen molar-refractivity contribution in [1.29, 1.82) is 0 Å². The van der Waals surface area contributed by atoms with Gasteiger partial charge >= 0.3 is 0 Å². The Morgan fingerprint density at radius 3 is 2.52 bits per heavy atom. The van der Waals surface area contributed by atoms with Crippen LogP contribution in [0, 0.1) is 0 Å². The maximum Gasteiger partial charge on any atom is 0.240 e. The van der Waals surface area contributed by atoms with E-state index < -0.39 is 21.0 Å². The minimum absolute atomic E-state index is 0.327. The van der Waals surface area contributed by atoms with E-state index >= 15 is 0 Å². The van der Waals surface area contributed by atoms with Crippen LogP contribution in [0.25, 0.3) is 0 Å². The van der Waals surface area contributed by atoms with Gasteiger partial charge in [-0.15, -0.1) is 0 Å². The van der Waals surface area contributed by atoms with Crippen molar-refractivity contribution in [2.24, 2.45) is 0 Å². The summed E-state index contributed by atoms with van der Waals surface area (Å²) in [6.45, 7) is 2.39. The summed E-state index contributed by atoms with van der Waals surface area (Å²) in [6, 6.07) is 9.94. The highest BCUT2D eigenvalue weighted by Crippen LogP contribution is 2.09. The zero-order chi connectivity index (χ0) is 17.0. The summed E-state index contributed by atoms with van der Waals surface area (Å²) >= 11 is 0. The van der Waals surface area contributed by atoms with Crippen molar-refractivity contribution < 1.29 is 13.2 Å². The van der Waals surface area contributed by atoms with E-state index in [9.17, 15) is 13.2 Å². The minimum Gasteiger partial charge on any atom is -0.340 e. The number of carbonyl (C=O) groups excluding carboxylic acids is 1. The predicted octanol–water partition coefficient (Wildman–Crippen LogP) is 1.32. The fourth-order valence-corrected chi connectivity index (χ4v) is 2.74. The molecule has 0 bridgehead atoms. The molecule has 1 aromatic carbocycles. The molecule has 1 unspecified atom stereocenters. The fraction of sp³-hybridized carbons (Fsp3) is 0.375. The van der Waals surface area contributed by atoms with Gasteiger partial charge in [-0.25, -0.2) is 8.42 Å². The lowest BCUT2D eigenvalue weighted by Crippen LogP contribution is -2.38. The summed E-state index contributed by atoms with van der Waals surface area (Å²) in [5.41, 5.74) is 2.00. The third kappa shape index (κ3) is 4.66. The number of hydrogen-bond donors (Lipinski definition) is 0. The minimum atomic E-state index is -3.39. The number of hydrogen-bond acceptors (Lipinski definition) is 4. The predicted molar refractivity (Wildman–Crippen MR) is 88.6 cm³/mol. The lowest BCUT2D eigenvalue weighted by atomic mass is 10.2. The topological polar surface area (TPSA) is 72.3 Å². The maximum atomic E-state index is 12.1. The molecule has 2 aromatic rings. The molecule has 0 N–H and O–H groups in total. The number of benzene rings is 1. The molecule has 0 saturated heterocycles. The summed E-state index contributed by atoms with van der Waals surface area (Å²) in [4.78, 5) is 13.5. The lowest BCUT2D eigenvalue weighted by Gasteiger charge is -2.19. The highest BCUT2D eigenvalue weighted by molar-refractivity contribution is 7.92. The zero-order valence-electron chi connectivity index (χ0n) is 13.5. The van der Waals surface area contributed by atoms with Gasteiger partial charge in [0.1, 0.15) is 5.25 Å². The van der Waals surface area contributed by atoms with E-state index in [2.05, 4.69) is 5.10 Å². The first kappa shape index (κ1) is 17.2. The summed E-state index contributed by atoms with van der Waals surface area (Å²) in [5.74, 6) is -0.414. The zero-order valence-corrected chi connectivity index (χ0v) is 14.3. The van der Waals surface area contributed by atoms with E-state index in [4.69, 9.17) is 0 Å². The first-order valence-electron chi connectivity index (χ1n) is 7.26. The Hall–Kier alpha value is -2.15. The van der Waals surface area contributed by atoms with Gasteiger partial charge in [-0.1, -0.05) is 30.3 Å². The van der Waals surface area contributed by atoms with Gasteiger partial charge in [0.15, 0.2) is 9.84 Å². The summed E-state index contributed by atoms with van der Waals surface area (Å²) in [7, 11) is -1.79. The van der Waals surface area contributed by atoms with Crippen LogP contribution in [0.15, 0.2) is 42.7 Å². The van der Waals surface area contributed by atoms with E-state index in [1.165, 1.54) is 11.8 Å². The van der Waals surface area contributed by atoms with Crippen LogP contribution in [-0.4, -0.2) is 47.6 Å². The van der Waals surface area contributed by atoms with E-state index in [0.717, 1.165) is 17.4 Å². The van der Waals surface area contributed by atoms with Crippen LogP contribution in [0.5, 0.6) is 0 Å². The average Bonchev–Trinajstić information content (AvgIpc) is 2.92. The smallest absolute Gasteiger partial charge is 0.240 e. The van der Waals surface area contributed by atoms with E-state index in [0.29, 0.717) is 13.1 Å². The van der Waals surface area contributed by atoms with Crippen molar-refractivity contribution in [3.63, 3.8) is 0 Å². The van der Waals surface area contributed by atoms with Gasteiger partial charge in [-0.3, -0.25) is 9.48 Å². The Labute approximate surface area is 136 Å². The summed E-state index contributed by atoms with van der Waals surface area (Å²) in [5, 5.41) is 3.24. The molecule has 6 nitrogen and oxygen atoms in total. The van der Waals surface area contributed by atoms with E-state index in [-0.39, 0.29) is 0 Å². The van der Waals surface area contributed by atoms with Crippen molar-refractivity contribution in [2.75, 3.05) is 13.3 Å². The van der Waals surface area contributed by atoms with Gasteiger partial charge in [-0.2, -0.15) is 5.10 Å². The van der Waals surface area contributed by atoms with Crippen molar-refractivity contribution in [3.05, 3.63) is 53.9 Å². The normalized spacial score (nSPS) is 12.8. The summed E-state index contributed by atoms with van der Waals surface area (Å²) in [6.07, 6.45) is 4.63. The molecule has 0 aliphatic rings. The second-order valence-electron chi connectivity index (χ2n) is 5.70. The number of carbonyl (C=O) groups is 1. The van der Waals surface area contributed by atoms with Crippen LogP contribution >= 0.6 is 0 Å². The fourth-order valence-electron chi connectivity index (χ4n) is 2.19. The molecule has 0 radical (unpaired) electrons. The third-order valence-corrected chi connectivity index (χ3v) is 5.15. The highest BCUT2D eigenvalue weighted by atomic mass is 32.2. The molecule has 0 saturated carbocycles. The van der Waals surface area contributed by atoms with Gasteiger partial charge in [0.05, 0.1) is 12.7 Å². The van der Waals surface area contributed by atoms with E-state index in [1.54, 1.807) is 17.9 Å². The molecule has 0 spiro atoms. The molecule has 2 rings (SSSR count). The Morgan fingerprint density at radius 2 is 1.91 bits per heavy atom. The van der Waals surface area contributed by atoms with Crippen molar-refractivity contribution in [2.45, 2.75) is 25.3 Å². The highest BCUT2D eigenvalue weighted by Gasteiger charge is 2.26. The molecule has 7 heteroatoms. The first-order valence-corrected chi connectivity index (χ1v) is 9.22. The molecule has 1 amide bonds. The molecule has 1 heterocycles. The molecule has 1 aromatic heterocycles. The third-order valence-electron chi connectivity index (χ3n) is 3.66. The average molecular weight is 335 g/mol. The molecule has 0 fully saturated rings. The Bertz CT molecular complexity index is 769. The molecule has 124 valence electrons. The van der Waals surface area contributed by atoms with Gasteiger partial charge in [0.2, 0.25) is 5.91 Å². The van der Waals surface area contributed by atoms with Crippen LogP contribution in [0.3, 0.4) is 0 Å². The number of sulfone groups is 1. The van der Waals surface area contributed by atoms with Gasteiger partial charge < -0.3 is 4.90 Å². The van der Waals surface area contributed by atoms with Crippen molar-refractivity contribution in [3.8, 4) is 0 Å². The molecular formula is C16H21N3O3S. The lowest BCUT2D eigenvalue weighted by molar-refractivity contribution is -0.129. The van der Waals surface area contributed by atoms with Gasteiger partial charge in [-0.05, 0) is 12.5 Å². The van der Waals surface area contributed by atoms with Gasteiger partial charge in [0, 0.05) is 31.6 Å². The molecule has 0 aliphatic heterocycles. The standard InChI is InChI=1S/C16H21N3O3S/c1-13(23(3,21)22)16(20)18(2)10-15-9-17-19(12-15)11-14-7-5-4-6-8-14/h4-9,12-13H,10-11H2,1-3H3. The Morgan fingerprint density at radius 1 is 1.26 bits per heavy atom. The molecule has 23 heavy (non-hydrogen) atoms. The number of amides is 1. The van der Waals surface area contributed by atoms with Crippen LogP contribution in [0.1, 0.15) is 18.1 Å². The van der Waals surface area contributed by atoms with Crippen LogP contribution in [-0.2, 0) is 27.7 Å². The quantitative estimate of drug-likeness (QED) is 0.798. The monoisotopic (exact) mass is 335 g/mol. The summed E-state index contributed by atoms with van der Waals surface area (Å²) < 4.78 is 24.7.